The van der Waals surface area contributed by atoms with Gasteiger partial charge in [0.15, 0.2) is 37.3 Å². The van der Waals surface area contributed by atoms with Gasteiger partial charge in [0.05, 0.1) is 50.9 Å². The van der Waals surface area contributed by atoms with E-state index in [1.165, 1.54) is 17.2 Å². The Morgan fingerprint density at radius 3 is 2.67 bits per heavy atom. The molecule has 58 heavy (non-hydrogen) atoms. The minimum absolute atomic E-state index is 0.0150. The second-order valence-corrected chi connectivity index (χ2v) is 26.6. The Balaban J connectivity index is 1.42. The van der Waals surface area contributed by atoms with Crippen LogP contribution in [-0.4, -0.2) is 94.0 Å². The van der Waals surface area contributed by atoms with Crippen LogP contribution in [0.25, 0.3) is 11.2 Å². The van der Waals surface area contributed by atoms with E-state index in [0.717, 1.165) is 6.20 Å². The Bertz CT molecular complexity index is 2190. The number of halogens is 1. The topological polar surface area (TPSA) is 236 Å². The van der Waals surface area contributed by atoms with Crippen LogP contribution in [0.1, 0.15) is 60.1 Å². The number of anilines is 2. The molecule has 3 fully saturated rings. The van der Waals surface area contributed by atoms with Crippen molar-refractivity contribution in [3.63, 3.8) is 0 Å². The zero-order valence-corrected chi connectivity index (χ0v) is 37.5. The first-order chi connectivity index (χ1) is 27.2. The molecule has 0 aromatic carbocycles. The summed E-state index contributed by atoms with van der Waals surface area (Å²) in [5.74, 6) is -2.09. The largest absolute Gasteiger partial charge is 0.408 e. The third kappa shape index (κ3) is 10.2. The first-order valence-electron chi connectivity index (χ1n) is 18.6. The standard InChI is InChI=1S/C33H48FN9O10P2S2Si/c1-18(2)29(44)41-32-40-28-24(30(45)42-32)38-17-43(28)31-26-25(53-58(6,7)33(3,4)5)23(50-31)15-48-54(46,56)51-22-12-20(39-27-21(34)13-36-16-37-27)11-19(22)14-49-55(57,52-26)47-10-8-9-35/h13,16-20,22-23,25-26,31H,8,10-12,14-15H2,1-7H3,(H,46,56)(H,36,37,39)(H2,40,41,42,44,45)/t19?,20-,22+,23?,25?,26-,31-,54?,55?/m1/s1. The van der Waals surface area contributed by atoms with E-state index in [2.05, 4.69) is 68.6 Å². The maximum atomic E-state index is 14.5. The van der Waals surface area contributed by atoms with Crippen molar-refractivity contribution in [3.8, 4) is 6.07 Å². The smallest absolute Gasteiger partial charge is 0.386 e. The van der Waals surface area contributed by atoms with Crippen LogP contribution < -0.4 is 16.2 Å². The highest BCUT2D eigenvalue weighted by molar-refractivity contribution is 8.44. The molecule has 25 heteroatoms. The number of hydrogen-bond acceptors (Lipinski definition) is 17. The summed E-state index contributed by atoms with van der Waals surface area (Å²) in [6.07, 6.45) is -1.01. The molecule has 3 aliphatic rings. The van der Waals surface area contributed by atoms with E-state index < -0.39 is 81.7 Å². The summed E-state index contributed by atoms with van der Waals surface area (Å²) in [4.78, 5) is 44.9. The van der Waals surface area contributed by atoms with Crippen molar-refractivity contribution in [1.82, 2.24) is 29.5 Å². The van der Waals surface area contributed by atoms with Gasteiger partial charge in [0.2, 0.25) is 11.9 Å². The van der Waals surface area contributed by atoms with Crippen LogP contribution >= 0.6 is 25.8 Å². The Labute approximate surface area is 345 Å². The zero-order chi connectivity index (χ0) is 42.2. The molecule has 5 unspecified atom stereocenters. The minimum atomic E-state index is -4.15. The fourth-order valence-corrected chi connectivity index (χ4v) is 11.4. The van der Waals surface area contributed by atoms with Gasteiger partial charge in [0.25, 0.3) is 5.56 Å². The maximum absolute atomic E-state index is 14.5. The van der Waals surface area contributed by atoms with Crippen molar-refractivity contribution in [2.24, 2.45) is 11.8 Å². The van der Waals surface area contributed by atoms with Gasteiger partial charge in [0, 0.05) is 17.9 Å². The van der Waals surface area contributed by atoms with Gasteiger partial charge in [-0.3, -0.25) is 38.0 Å². The lowest BCUT2D eigenvalue weighted by Crippen LogP contribution is -2.50. The monoisotopic (exact) mass is 903 g/mol. The zero-order valence-electron chi connectivity index (χ0n) is 33.0. The molecule has 19 nitrogen and oxygen atoms in total. The quantitative estimate of drug-likeness (QED) is 0.0810. The van der Waals surface area contributed by atoms with Crippen molar-refractivity contribution in [2.45, 2.75) is 109 Å². The van der Waals surface area contributed by atoms with E-state index in [0.29, 0.717) is 6.42 Å². The van der Waals surface area contributed by atoms with Gasteiger partial charge in [-0.25, -0.2) is 23.9 Å². The molecule has 5 heterocycles. The Morgan fingerprint density at radius 1 is 1.22 bits per heavy atom. The number of nitrogens with zero attached hydrogens (tertiary/aromatic N) is 6. The van der Waals surface area contributed by atoms with Gasteiger partial charge in [-0.2, -0.15) is 10.2 Å². The van der Waals surface area contributed by atoms with Gasteiger partial charge >= 0.3 is 13.5 Å². The van der Waals surface area contributed by atoms with Crippen molar-refractivity contribution in [2.75, 3.05) is 30.5 Å². The van der Waals surface area contributed by atoms with Crippen LogP contribution in [0.3, 0.4) is 0 Å². The van der Waals surface area contributed by atoms with Gasteiger partial charge in [-0.05, 0) is 42.8 Å². The third-order valence-electron chi connectivity index (χ3n) is 10.5. The first kappa shape index (κ1) is 44.8. The lowest BCUT2D eigenvalue weighted by Gasteiger charge is -2.41. The molecule has 1 saturated carbocycles. The van der Waals surface area contributed by atoms with Crippen LogP contribution in [0.4, 0.5) is 16.2 Å². The number of aromatic nitrogens is 6. The molecule has 1 amide bonds. The molecule has 1 aliphatic carbocycles. The number of H-pyrrole nitrogens is 1. The number of carbonyl (C=O) groups excluding carboxylic acids is 1. The molecule has 3 N–H and O–H groups in total. The van der Waals surface area contributed by atoms with E-state index in [-0.39, 0.29) is 66.5 Å². The Morgan fingerprint density at radius 2 is 1.98 bits per heavy atom. The SMILES string of the molecule is CC(C)C(=O)Nc1nc2c(ncn2[C@@H]2OC3COP(=O)(S)O[C@H]4C[C@H](Nc5ncncc5F)CC4COP(=S)(OCCC#N)O[C@@H]2C3O[Si](C)(C)C(C)(C)C)c(=O)[nH]1. The highest BCUT2D eigenvalue weighted by atomic mass is 32.7. The van der Waals surface area contributed by atoms with Gasteiger partial charge in [-0.1, -0.05) is 46.9 Å². The number of ether oxygens (including phenoxy) is 1. The lowest BCUT2D eigenvalue weighted by atomic mass is 10.1. The number of carbonyl (C=O) groups is 1. The molecule has 6 rings (SSSR count). The van der Waals surface area contributed by atoms with Crippen LogP contribution in [0.5, 0.6) is 0 Å². The summed E-state index contributed by atoms with van der Waals surface area (Å²) >= 11 is 10.4. The van der Waals surface area contributed by atoms with E-state index in [1.54, 1.807) is 13.8 Å². The molecule has 2 bridgehead atoms. The number of nitriles is 1. The molecule has 2 aliphatic heterocycles. The van der Waals surface area contributed by atoms with Crippen molar-refractivity contribution >= 4 is 74.7 Å². The molecule has 318 valence electrons. The van der Waals surface area contributed by atoms with Crippen molar-refractivity contribution < 1.29 is 45.5 Å². The molecule has 3 aromatic heterocycles. The summed E-state index contributed by atoms with van der Waals surface area (Å²) in [6.45, 7) is 4.97. The summed E-state index contributed by atoms with van der Waals surface area (Å²) < 4.78 is 75.0. The van der Waals surface area contributed by atoms with Crippen LogP contribution in [-0.2, 0) is 52.9 Å². The van der Waals surface area contributed by atoms with E-state index in [9.17, 15) is 23.8 Å². The summed E-state index contributed by atoms with van der Waals surface area (Å²) in [5, 5.41) is 14.8. The van der Waals surface area contributed by atoms with E-state index in [4.69, 9.17) is 43.6 Å². The predicted octanol–water partition coefficient (Wildman–Crippen LogP) is 5.83. The van der Waals surface area contributed by atoms with Crippen LogP contribution in [0.15, 0.2) is 23.6 Å². The molecule has 9 atom stereocenters. The van der Waals surface area contributed by atoms with Crippen molar-refractivity contribution in [1.29, 1.82) is 5.26 Å². The number of thiol groups is 1. The molecule has 2 saturated heterocycles. The number of imidazole rings is 1. The summed E-state index contributed by atoms with van der Waals surface area (Å²) in [5.41, 5.74) is -0.657. The molecule has 0 spiro atoms. The number of aromatic amines is 1. The van der Waals surface area contributed by atoms with Gasteiger partial charge < -0.3 is 23.5 Å². The number of fused-ring (bicyclic) bond motifs is 4. The average molecular weight is 904 g/mol. The number of rotatable bonds is 10. The van der Waals surface area contributed by atoms with E-state index >= 15 is 0 Å². The predicted molar refractivity (Wildman–Crippen MR) is 218 cm³/mol. The normalized spacial score (nSPS) is 30.9. The van der Waals surface area contributed by atoms with Crippen LogP contribution in [0, 0.1) is 29.0 Å². The summed E-state index contributed by atoms with van der Waals surface area (Å²) in [7, 11) is -2.69. The highest BCUT2D eigenvalue weighted by Crippen LogP contribution is 2.60. The fraction of sp³-hybridized carbons (Fsp3) is 0.667. The number of amides is 1. The second kappa shape index (κ2) is 17.7. The number of nitrogens with one attached hydrogen (secondary N) is 3. The van der Waals surface area contributed by atoms with Gasteiger partial charge in [0.1, 0.15) is 24.6 Å². The van der Waals surface area contributed by atoms with Crippen LogP contribution in [0.2, 0.25) is 18.1 Å². The first-order valence-corrected chi connectivity index (χ1v) is 26.8. The molecule has 3 aromatic rings. The van der Waals surface area contributed by atoms with Crippen molar-refractivity contribution in [3.05, 3.63) is 35.0 Å². The molecule has 0 radical (unpaired) electrons. The minimum Gasteiger partial charge on any atom is -0.408 e. The maximum Gasteiger partial charge on any atom is 0.386 e. The summed E-state index contributed by atoms with van der Waals surface area (Å²) in [6, 6.07) is 1.63. The molecular weight excluding hydrogens is 856 g/mol. The second-order valence-electron chi connectivity index (χ2n) is 16.0. The lowest BCUT2D eigenvalue weighted by molar-refractivity contribution is -0.118. The number of hydrogen-bond donors (Lipinski definition) is 4. The fourth-order valence-electron chi connectivity index (χ4n) is 6.40. The van der Waals surface area contributed by atoms with E-state index in [1.807, 2.05) is 19.2 Å². The van der Waals surface area contributed by atoms with Gasteiger partial charge in [-0.15, -0.1) is 0 Å². The Hall–Kier alpha value is -2.71. The Kier molecular flexibility index (Phi) is 13.7. The molecular formula is C33H48FN9O10P2S2Si. The highest BCUT2D eigenvalue weighted by Gasteiger charge is 2.55. The third-order valence-corrected chi connectivity index (χ3v) is 18.9. The average Bonchev–Trinajstić information content (AvgIpc) is 3.82.